The lowest BCUT2D eigenvalue weighted by Gasteiger charge is -2.11. The molecule has 0 unspecified atom stereocenters. The molecule has 4 nitrogen and oxygen atoms in total. The summed E-state index contributed by atoms with van der Waals surface area (Å²) < 4.78 is 27.4. The molecule has 2 rings (SSSR count). The number of nitrogen functional groups attached to an aromatic ring is 1. The van der Waals surface area contributed by atoms with E-state index in [-0.39, 0.29) is 11.4 Å². The van der Waals surface area contributed by atoms with Crippen molar-refractivity contribution >= 4 is 15.7 Å². The average Bonchev–Trinajstić information content (AvgIpc) is 2.46. The lowest BCUT2D eigenvalue weighted by Crippen LogP contribution is -2.24. The number of nitrogens with one attached hydrogen (secondary N) is 1. The molecule has 0 saturated carbocycles. The zero-order valence-corrected chi connectivity index (χ0v) is 12.2. The molecule has 106 valence electrons. The van der Waals surface area contributed by atoms with Gasteiger partial charge >= 0.3 is 0 Å². The topological polar surface area (TPSA) is 72.2 Å². The van der Waals surface area contributed by atoms with Gasteiger partial charge in [0.25, 0.3) is 0 Å². The maximum atomic E-state index is 12.4. The molecule has 0 aromatic heterocycles. The van der Waals surface area contributed by atoms with Gasteiger partial charge in [-0.25, -0.2) is 13.1 Å². The maximum Gasteiger partial charge on any atom is 0.241 e. The second-order valence-corrected chi connectivity index (χ2v) is 6.27. The van der Waals surface area contributed by atoms with Crippen molar-refractivity contribution in [1.29, 1.82) is 0 Å². The third-order valence-electron chi connectivity index (χ3n) is 3.07. The molecule has 0 aliphatic carbocycles. The van der Waals surface area contributed by atoms with Gasteiger partial charge in [-0.1, -0.05) is 43.3 Å². The van der Waals surface area contributed by atoms with Crippen LogP contribution in [0.5, 0.6) is 0 Å². The lowest BCUT2D eigenvalue weighted by molar-refractivity contribution is 0.580. The van der Waals surface area contributed by atoms with Gasteiger partial charge in [0.1, 0.15) is 0 Å². The summed E-state index contributed by atoms with van der Waals surface area (Å²) in [7, 11) is -3.55. The molecule has 5 heteroatoms. The summed E-state index contributed by atoms with van der Waals surface area (Å²) in [6, 6.07) is 14.4. The van der Waals surface area contributed by atoms with Crippen LogP contribution >= 0.6 is 0 Å². The van der Waals surface area contributed by atoms with E-state index in [2.05, 4.69) is 4.72 Å². The SMILES string of the molecule is CCc1ccc(N)cc1S(=O)(=O)NCc1ccccc1. The Balaban J connectivity index is 2.24. The highest BCUT2D eigenvalue weighted by Gasteiger charge is 2.17. The zero-order valence-electron chi connectivity index (χ0n) is 11.3. The lowest BCUT2D eigenvalue weighted by atomic mass is 10.1. The molecule has 3 N–H and O–H groups in total. The van der Waals surface area contributed by atoms with Crippen molar-refractivity contribution < 1.29 is 8.42 Å². The quantitative estimate of drug-likeness (QED) is 0.830. The Labute approximate surface area is 119 Å². The summed E-state index contributed by atoms with van der Waals surface area (Å²) in [6.45, 7) is 2.18. The Kier molecular flexibility index (Phi) is 4.42. The predicted molar refractivity (Wildman–Crippen MR) is 80.7 cm³/mol. The molecule has 0 amide bonds. The van der Waals surface area contributed by atoms with Gasteiger partial charge in [-0.3, -0.25) is 0 Å². The minimum atomic E-state index is -3.55. The molecular formula is C15H18N2O2S. The number of aryl methyl sites for hydroxylation is 1. The van der Waals surface area contributed by atoms with Crippen molar-refractivity contribution in [1.82, 2.24) is 4.72 Å². The summed E-state index contributed by atoms with van der Waals surface area (Å²) in [6.07, 6.45) is 0.641. The van der Waals surface area contributed by atoms with Gasteiger partial charge in [0.05, 0.1) is 4.90 Å². The highest BCUT2D eigenvalue weighted by Crippen LogP contribution is 2.19. The van der Waals surface area contributed by atoms with Gasteiger partial charge in [0.15, 0.2) is 0 Å². The Hall–Kier alpha value is -1.85. The van der Waals surface area contributed by atoms with Gasteiger partial charge in [-0.2, -0.15) is 0 Å². The Bertz CT molecular complexity index is 682. The number of hydrogen-bond donors (Lipinski definition) is 2. The molecule has 0 saturated heterocycles. The van der Waals surface area contributed by atoms with Gasteiger partial charge < -0.3 is 5.73 Å². The van der Waals surface area contributed by atoms with E-state index in [1.807, 2.05) is 37.3 Å². The smallest absolute Gasteiger partial charge is 0.241 e. The molecule has 0 radical (unpaired) electrons. The molecule has 0 aliphatic rings. The van der Waals surface area contributed by atoms with Crippen molar-refractivity contribution in [3.05, 3.63) is 59.7 Å². The van der Waals surface area contributed by atoms with E-state index >= 15 is 0 Å². The first-order chi connectivity index (χ1) is 9.53. The predicted octanol–water partition coefficient (Wildman–Crippen LogP) is 2.31. The van der Waals surface area contributed by atoms with Crippen LogP contribution in [0.1, 0.15) is 18.1 Å². The van der Waals surface area contributed by atoms with Crippen molar-refractivity contribution in [3.8, 4) is 0 Å². The molecule has 0 spiro atoms. The molecular weight excluding hydrogens is 272 g/mol. The second kappa shape index (κ2) is 6.07. The minimum Gasteiger partial charge on any atom is -0.399 e. The monoisotopic (exact) mass is 290 g/mol. The van der Waals surface area contributed by atoms with Crippen LogP contribution in [0.2, 0.25) is 0 Å². The molecule has 20 heavy (non-hydrogen) atoms. The molecule has 0 heterocycles. The van der Waals surface area contributed by atoms with Crippen LogP contribution in [0.25, 0.3) is 0 Å². The molecule has 0 bridgehead atoms. The largest absolute Gasteiger partial charge is 0.399 e. The highest BCUT2D eigenvalue weighted by atomic mass is 32.2. The van der Waals surface area contributed by atoms with Gasteiger partial charge in [-0.15, -0.1) is 0 Å². The fraction of sp³-hybridized carbons (Fsp3) is 0.200. The van der Waals surface area contributed by atoms with Crippen LogP contribution in [0.15, 0.2) is 53.4 Å². The van der Waals surface area contributed by atoms with Crippen LogP contribution in [-0.2, 0) is 23.0 Å². The normalized spacial score (nSPS) is 11.4. The van der Waals surface area contributed by atoms with Gasteiger partial charge in [0.2, 0.25) is 10.0 Å². The Morgan fingerprint density at radius 1 is 1.10 bits per heavy atom. The van der Waals surface area contributed by atoms with E-state index < -0.39 is 10.0 Å². The van der Waals surface area contributed by atoms with E-state index in [0.717, 1.165) is 11.1 Å². The van der Waals surface area contributed by atoms with Crippen molar-refractivity contribution in [3.63, 3.8) is 0 Å². The molecule has 0 atom stereocenters. The number of nitrogens with two attached hydrogens (primary N) is 1. The van der Waals surface area contributed by atoms with E-state index in [4.69, 9.17) is 5.73 Å². The zero-order chi connectivity index (χ0) is 14.6. The second-order valence-electron chi connectivity index (χ2n) is 4.53. The van der Waals surface area contributed by atoms with E-state index in [1.165, 1.54) is 6.07 Å². The Morgan fingerprint density at radius 3 is 2.45 bits per heavy atom. The summed E-state index contributed by atoms with van der Waals surface area (Å²) in [4.78, 5) is 0.260. The van der Waals surface area contributed by atoms with E-state index in [9.17, 15) is 8.42 Å². The number of rotatable bonds is 5. The summed E-state index contributed by atoms with van der Waals surface area (Å²) in [5, 5.41) is 0. The molecule has 0 aliphatic heterocycles. The molecule has 2 aromatic rings. The third kappa shape index (κ3) is 3.37. The standard InChI is InChI=1S/C15H18N2O2S/c1-2-13-8-9-14(16)10-15(13)20(18,19)17-11-12-6-4-3-5-7-12/h3-10,17H,2,11,16H2,1H3. The first-order valence-electron chi connectivity index (χ1n) is 6.45. The van der Waals surface area contributed by atoms with Crippen molar-refractivity contribution in [2.24, 2.45) is 0 Å². The van der Waals surface area contributed by atoms with Crippen LogP contribution in [0.4, 0.5) is 5.69 Å². The molecule has 0 fully saturated rings. The minimum absolute atomic E-state index is 0.260. The first-order valence-corrected chi connectivity index (χ1v) is 7.93. The van der Waals surface area contributed by atoms with Gasteiger partial charge in [-0.05, 0) is 29.7 Å². The summed E-state index contributed by atoms with van der Waals surface area (Å²) in [5.41, 5.74) is 7.82. The van der Waals surface area contributed by atoms with Gasteiger partial charge in [0, 0.05) is 12.2 Å². The third-order valence-corrected chi connectivity index (χ3v) is 4.55. The first kappa shape index (κ1) is 14.6. The van der Waals surface area contributed by atoms with Crippen LogP contribution in [0.3, 0.4) is 0 Å². The fourth-order valence-electron chi connectivity index (χ4n) is 1.97. The van der Waals surface area contributed by atoms with Crippen molar-refractivity contribution in [2.45, 2.75) is 24.8 Å². The van der Waals surface area contributed by atoms with Crippen LogP contribution in [0, 0.1) is 0 Å². The van der Waals surface area contributed by atoms with E-state index in [1.54, 1.807) is 12.1 Å². The van der Waals surface area contributed by atoms with Crippen LogP contribution < -0.4 is 10.5 Å². The summed E-state index contributed by atoms with van der Waals surface area (Å²) >= 11 is 0. The number of benzene rings is 2. The maximum absolute atomic E-state index is 12.4. The number of sulfonamides is 1. The fourth-order valence-corrected chi connectivity index (χ4v) is 3.33. The summed E-state index contributed by atoms with van der Waals surface area (Å²) in [5.74, 6) is 0. The Morgan fingerprint density at radius 2 is 1.80 bits per heavy atom. The van der Waals surface area contributed by atoms with Crippen LogP contribution in [-0.4, -0.2) is 8.42 Å². The van der Waals surface area contributed by atoms with E-state index in [0.29, 0.717) is 12.1 Å². The number of anilines is 1. The average molecular weight is 290 g/mol. The number of hydrogen-bond acceptors (Lipinski definition) is 3. The van der Waals surface area contributed by atoms with Crippen molar-refractivity contribution in [2.75, 3.05) is 5.73 Å². The molecule has 2 aromatic carbocycles. The highest BCUT2D eigenvalue weighted by molar-refractivity contribution is 7.89.